The van der Waals surface area contributed by atoms with Crippen molar-refractivity contribution in [2.24, 2.45) is 0 Å². The molecule has 6 nitrogen and oxygen atoms in total. The maximum atomic E-state index is 12.5. The maximum absolute atomic E-state index is 12.5. The van der Waals surface area contributed by atoms with Crippen molar-refractivity contribution < 1.29 is 19.1 Å². The SMILES string of the molecule is CCCCc1ccc(NC(=O)CCC(=O)c2ccc3c(c2)N(C)C(=O)CO3)cc1. The Hall–Kier alpha value is -3.15. The van der Waals surface area contributed by atoms with E-state index in [-0.39, 0.29) is 37.0 Å². The molecule has 1 heterocycles. The molecule has 29 heavy (non-hydrogen) atoms. The molecule has 1 aliphatic rings. The fraction of sp³-hybridized carbons (Fsp3) is 0.348. The van der Waals surface area contributed by atoms with Crippen molar-refractivity contribution in [2.45, 2.75) is 39.0 Å². The normalized spacial score (nSPS) is 12.9. The molecule has 0 fully saturated rings. The number of carbonyl (C=O) groups excluding carboxylic acids is 3. The Morgan fingerprint density at radius 1 is 1.10 bits per heavy atom. The quantitative estimate of drug-likeness (QED) is 0.687. The van der Waals surface area contributed by atoms with E-state index in [4.69, 9.17) is 4.74 Å². The van der Waals surface area contributed by atoms with Gasteiger partial charge in [0, 0.05) is 31.1 Å². The Kier molecular flexibility index (Phi) is 6.65. The van der Waals surface area contributed by atoms with Gasteiger partial charge in [-0.3, -0.25) is 14.4 Å². The first kappa shape index (κ1) is 20.6. The van der Waals surface area contributed by atoms with Gasteiger partial charge in [0.2, 0.25) is 5.91 Å². The van der Waals surface area contributed by atoms with Crippen molar-refractivity contribution in [1.82, 2.24) is 0 Å². The number of hydrogen-bond donors (Lipinski definition) is 1. The minimum Gasteiger partial charge on any atom is -0.482 e. The summed E-state index contributed by atoms with van der Waals surface area (Å²) in [6.45, 7) is 2.15. The molecule has 0 radical (unpaired) electrons. The third-order valence-electron chi connectivity index (χ3n) is 5.00. The molecule has 1 aliphatic heterocycles. The summed E-state index contributed by atoms with van der Waals surface area (Å²) in [4.78, 5) is 37.9. The molecule has 2 aromatic carbocycles. The van der Waals surface area contributed by atoms with Crippen molar-refractivity contribution in [3.05, 3.63) is 53.6 Å². The zero-order chi connectivity index (χ0) is 20.8. The van der Waals surface area contributed by atoms with Crippen LogP contribution in [-0.2, 0) is 16.0 Å². The van der Waals surface area contributed by atoms with E-state index in [0.717, 1.165) is 24.9 Å². The van der Waals surface area contributed by atoms with Crippen LogP contribution in [0.5, 0.6) is 5.75 Å². The highest BCUT2D eigenvalue weighted by atomic mass is 16.5. The Balaban J connectivity index is 1.54. The Bertz CT molecular complexity index is 906. The van der Waals surface area contributed by atoms with E-state index in [9.17, 15) is 14.4 Å². The molecule has 0 aromatic heterocycles. The van der Waals surface area contributed by atoms with Crippen LogP contribution in [0.15, 0.2) is 42.5 Å². The number of nitrogens with zero attached hydrogens (tertiary/aromatic N) is 1. The van der Waals surface area contributed by atoms with Crippen LogP contribution in [0.25, 0.3) is 0 Å². The lowest BCUT2D eigenvalue weighted by atomic mass is 10.0. The van der Waals surface area contributed by atoms with E-state index in [1.54, 1.807) is 25.2 Å². The number of nitrogens with one attached hydrogen (secondary N) is 1. The molecule has 2 aromatic rings. The number of hydrogen-bond acceptors (Lipinski definition) is 4. The second-order valence-electron chi connectivity index (χ2n) is 7.20. The lowest BCUT2D eigenvalue weighted by molar-refractivity contribution is -0.121. The standard InChI is InChI=1S/C23H26N2O4/c1-3-4-5-16-6-9-18(10-7-16)24-22(27)13-11-20(26)17-8-12-21-19(14-17)25(2)23(28)15-29-21/h6-10,12,14H,3-5,11,13,15H2,1-2H3,(H,24,27). The van der Waals surface area contributed by atoms with Crippen LogP contribution < -0.4 is 15.0 Å². The number of aryl methyl sites for hydroxylation is 1. The number of unbranched alkanes of at least 4 members (excludes halogenated alkanes) is 1. The van der Waals surface area contributed by atoms with Crippen LogP contribution in [0, 0.1) is 0 Å². The van der Waals surface area contributed by atoms with Gasteiger partial charge in [-0.15, -0.1) is 0 Å². The molecule has 0 unspecified atom stereocenters. The highest BCUT2D eigenvalue weighted by molar-refractivity contribution is 6.03. The number of ketones is 1. The van der Waals surface area contributed by atoms with Crippen LogP contribution in [0.4, 0.5) is 11.4 Å². The number of fused-ring (bicyclic) bond motifs is 1. The number of carbonyl (C=O) groups is 3. The summed E-state index contributed by atoms with van der Waals surface area (Å²) in [7, 11) is 1.65. The van der Waals surface area contributed by atoms with E-state index in [1.165, 1.54) is 10.5 Å². The van der Waals surface area contributed by atoms with Gasteiger partial charge in [-0.25, -0.2) is 0 Å². The van der Waals surface area contributed by atoms with Gasteiger partial charge < -0.3 is 15.0 Å². The van der Waals surface area contributed by atoms with Gasteiger partial charge in [-0.2, -0.15) is 0 Å². The van der Waals surface area contributed by atoms with E-state index >= 15 is 0 Å². The summed E-state index contributed by atoms with van der Waals surface area (Å²) in [5, 5.41) is 2.83. The van der Waals surface area contributed by atoms with E-state index in [2.05, 4.69) is 12.2 Å². The smallest absolute Gasteiger partial charge is 0.264 e. The van der Waals surface area contributed by atoms with E-state index in [1.807, 2.05) is 24.3 Å². The minimum absolute atomic E-state index is 0.00343. The molecule has 3 rings (SSSR count). The van der Waals surface area contributed by atoms with E-state index < -0.39 is 0 Å². The molecule has 0 atom stereocenters. The summed E-state index contributed by atoms with van der Waals surface area (Å²) >= 11 is 0. The molecule has 152 valence electrons. The van der Waals surface area contributed by atoms with E-state index in [0.29, 0.717) is 17.0 Å². The number of amides is 2. The molecule has 0 saturated heterocycles. The minimum atomic E-state index is -0.201. The van der Waals surface area contributed by atoms with Crippen LogP contribution in [-0.4, -0.2) is 31.3 Å². The fourth-order valence-electron chi connectivity index (χ4n) is 3.18. The molecule has 0 spiro atoms. The van der Waals surface area contributed by atoms with Crippen molar-refractivity contribution in [1.29, 1.82) is 0 Å². The number of anilines is 2. The van der Waals surface area contributed by atoms with Crippen molar-refractivity contribution in [3.8, 4) is 5.75 Å². The number of benzene rings is 2. The van der Waals surface area contributed by atoms with Gasteiger partial charge in [-0.1, -0.05) is 25.5 Å². The first-order chi connectivity index (χ1) is 14.0. The average Bonchev–Trinajstić information content (AvgIpc) is 2.74. The topological polar surface area (TPSA) is 75.7 Å². The maximum Gasteiger partial charge on any atom is 0.264 e. The predicted molar refractivity (Wildman–Crippen MR) is 113 cm³/mol. The van der Waals surface area contributed by atoms with Crippen molar-refractivity contribution in [3.63, 3.8) is 0 Å². The van der Waals surface area contributed by atoms with Crippen LogP contribution in [0.2, 0.25) is 0 Å². The molecule has 0 bridgehead atoms. The number of likely N-dealkylation sites (N-methyl/N-ethyl adjacent to an activating group) is 1. The highest BCUT2D eigenvalue weighted by Crippen LogP contribution is 2.32. The Labute approximate surface area is 170 Å². The number of Topliss-reactive ketones (excluding diaryl/α,β-unsaturated/α-hetero) is 1. The van der Waals surface area contributed by atoms with Crippen LogP contribution in [0.3, 0.4) is 0 Å². The Morgan fingerprint density at radius 2 is 1.86 bits per heavy atom. The van der Waals surface area contributed by atoms with Crippen LogP contribution in [0.1, 0.15) is 48.5 Å². The third-order valence-corrected chi connectivity index (χ3v) is 5.00. The molecule has 0 aliphatic carbocycles. The second-order valence-corrected chi connectivity index (χ2v) is 7.20. The number of rotatable bonds is 8. The predicted octanol–water partition coefficient (Wildman–Crippen LogP) is 3.99. The molecule has 2 amide bonds. The van der Waals surface area contributed by atoms with Gasteiger partial charge in [0.1, 0.15) is 5.75 Å². The fourth-order valence-corrected chi connectivity index (χ4v) is 3.18. The van der Waals surface area contributed by atoms with Crippen LogP contribution >= 0.6 is 0 Å². The summed E-state index contributed by atoms with van der Waals surface area (Å²) in [6.07, 6.45) is 3.52. The molecular weight excluding hydrogens is 368 g/mol. The molecule has 6 heteroatoms. The monoisotopic (exact) mass is 394 g/mol. The lowest BCUT2D eigenvalue weighted by Crippen LogP contribution is -2.35. The molecule has 0 saturated carbocycles. The summed E-state index contributed by atoms with van der Waals surface area (Å²) in [5.41, 5.74) is 3.01. The van der Waals surface area contributed by atoms with Gasteiger partial charge in [-0.05, 0) is 48.7 Å². The first-order valence-corrected chi connectivity index (χ1v) is 9.93. The lowest BCUT2D eigenvalue weighted by Gasteiger charge is -2.26. The highest BCUT2D eigenvalue weighted by Gasteiger charge is 2.23. The number of ether oxygens (including phenoxy) is 1. The first-order valence-electron chi connectivity index (χ1n) is 9.93. The third kappa shape index (κ3) is 5.22. The molecule has 1 N–H and O–H groups in total. The average molecular weight is 394 g/mol. The Morgan fingerprint density at radius 3 is 2.59 bits per heavy atom. The zero-order valence-electron chi connectivity index (χ0n) is 16.9. The summed E-state index contributed by atoms with van der Waals surface area (Å²) in [6, 6.07) is 12.8. The largest absolute Gasteiger partial charge is 0.482 e. The van der Waals surface area contributed by atoms with Gasteiger partial charge in [0.15, 0.2) is 12.4 Å². The summed E-state index contributed by atoms with van der Waals surface area (Å²) < 4.78 is 5.37. The van der Waals surface area contributed by atoms with Crippen molar-refractivity contribution in [2.75, 3.05) is 23.9 Å². The van der Waals surface area contributed by atoms with Gasteiger partial charge >= 0.3 is 0 Å². The van der Waals surface area contributed by atoms with Gasteiger partial charge in [0.05, 0.1) is 5.69 Å². The van der Waals surface area contributed by atoms with Gasteiger partial charge in [0.25, 0.3) is 5.91 Å². The second kappa shape index (κ2) is 9.37. The zero-order valence-corrected chi connectivity index (χ0v) is 16.9. The molecular formula is C23H26N2O4. The van der Waals surface area contributed by atoms with Crippen molar-refractivity contribution >= 4 is 29.0 Å². The summed E-state index contributed by atoms with van der Waals surface area (Å²) in [5.74, 6) is 0.0588.